The fourth-order valence-corrected chi connectivity index (χ4v) is 6.56. The standard InChI is InChI=1S/C23H45NO6Si/c1-23(2,3)24-22(27)20-17-18(15-16-31(28-4,29-5)30-6)13-14-19(20)11-9-7-8-10-12-21(25)26/h18-20H,7-17H2,1-6H3,(H,24,27)(H,25,26). The Morgan fingerprint density at radius 3 is 2.13 bits per heavy atom. The molecule has 1 aliphatic rings. The predicted molar refractivity (Wildman–Crippen MR) is 124 cm³/mol. The molecule has 0 spiro atoms. The Labute approximate surface area is 190 Å². The smallest absolute Gasteiger partial charge is 0.481 e. The van der Waals surface area contributed by atoms with Crippen molar-refractivity contribution in [2.75, 3.05) is 21.3 Å². The van der Waals surface area contributed by atoms with Crippen molar-refractivity contribution in [3.05, 3.63) is 0 Å². The molecule has 1 aliphatic carbocycles. The maximum absolute atomic E-state index is 13.1. The summed E-state index contributed by atoms with van der Waals surface area (Å²) in [5.41, 5.74) is -0.240. The zero-order chi connectivity index (χ0) is 23.5. The van der Waals surface area contributed by atoms with Gasteiger partial charge < -0.3 is 23.7 Å². The maximum Gasteiger partial charge on any atom is 0.500 e. The molecule has 0 aromatic carbocycles. The van der Waals surface area contributed by atoms with Crippen LogP contribution in [0.3, 0.4) is 0 Å². The third-order valence-corrected chi connectivity index (χ3v) is 9.21. The molecule has 0 aromatic rings. The van der Waals surface area contributed by atoms with Gasteiger partial charge in [0.1, 0.15) is 0 Å². The number of hydrogen-bond acceptors (Lipinski definition) is 5. The van der Waals surface area contributed by atoms with E-state index in [1.165, 1.54) is 0 Å². The first-order valence-corrected chi connectivity index (χ1v) is 13.7. The van der Waals surface area contributed by atoms with Crippen molar-refractivity contribution < 1.29 is 28.0 Å². The molecule has 0 saturated heterocycles. The first-order valence-electron chi connectivity index (χ1n) is 11.7. The summed E-state index contributed by atoms with van der Waals surface area (Å²) in [5, 5.41) is 12.0. The van der Waals surface area contributed by atoms with Crippen LogP contribution >= 0.6 is 0 Å². The minimum absolute atomic E-state index is 0.0284. The highest BCUT2D eigenvalue weighted by Crippen LogP contribution is 2.40. The van der Waals surface area contributed by atoms with Gasteiger partial charge in [-0.25, -0.2) is 0 Å². The highest BCUT2D eigenvalue weighted by molar-refractivity contribution is 6.60. The lowest BCUT2D eigenvalue weighted by molar-refractivity contribution is -0.137. The van der Waals surface area contributed by atoms with E-state index in [4.69, 9.17) is 18.4 Å². The number of rotatable bonds is 14. The summed E-state index contributed by atoms with van der Waals surface area (Å²) >= 11 is 0. The average molecular weight is 460 g/mol. The van der Waals surface area contributed by atoms with E-state index in [-0.39, 0.29) is 23.8 Å². The van der Waals surface area contributed by atoms with Crippen LogP contribution in [0.2, 0.25) is 6.04 Å². The molecule has 1 saturated carbocycles. The van der Waals surface area contributed by atoms with Gasteiger partial charge in [-0.2, -0.15) is 0 Å². The van der Waals surface area contributed by atoms with E-state index in [0.29, 0.717) is 11.8 Å². The van der Waals surface area contributed by atoms with Gasteiger partial charge in [-0.05, 0) is 64.7 Å². The average Bonchev–Trinajstić information content (AvgIpc) is 2.71. The molecule has 3 unspecified atom stereocenters. The second kappa shape index (κ2) is 13.6. The number of nitrogens with one attached hydrogen (secondary N) is 1. The zero-order valence-electron chi connectivity index (χ0n) is 20.5. The van der Waals surface area contributed by atoms with Crippen LogP contribution in [0.1, 0.15) is 85.0 Å². The summed E-state index contributed by atoms with van der Waals surface area (Å²) < 4.78 is 16.7. The molecule has 1 amide bonds. The maximum atomic E-state index is 13.1. The molecule has 1 fully saturated rings. The molecule has 0 radical (unpaired) electrons. The first kappa shape index (κ1) is 28.1. The summed E-state index contributed by atoms with van der Waals surface area (Å²) in [6, 6.07) is 0.767. The molecule has 3 atom stereocenters. The van der Waals surface area contributed by atoms with Crippen LogP contribution in [0.4, 0.5) is 0 Å². The van der Waals surface area contributed by atoms with E-state index in [0.717, 1.165) is 63.8 Å². The molecule has 182 valence electrons. The minimum atomic E-state index is -2.59. The second-order valence-electron chi connectivity index (χ2n) is 9.97. The fraction of sp³-hybridized carbons (Fsp3) is 0.913. The predicted octanol–water partition coefficient (Wildman–Crippen LogP) is 4.63. The fourth-order valence-electron chi connectivity index (χ4n) is 4.68. The van der Waals surface area contributed by atoms with Crippen molar-refractivity contribution in [1.29, 1.82) is 0 Å². The SMILES string of the molecule is CO[Si](CCC1CCC(CCCCCCC(=O)O)C(C(=O)NC(C)(C)C)C1)(OC)OC. The molecule has 0 aromatic heterocycles. The molecule has 8 heteroatoms. The van der Waals surface area contributed by atoms with Crippen molar-refractivity contribution >= 4 is 20.7 Å². The Kier molecular flexibility index (Phi) is 12.3. The lowest BCUT2D eigenvalue weighted by Crippen LogP contribution is -2.47. The van der Waals surface area contributed by atoms with Crippen molar-refractivity contribution in [3.63, 3.8) is 0 Å². The molecule has 0 heterocycles. The molecule has 0 aliphatic heterocycles. The summed E-state index contributed by atoms with van der Waals surface area (Å²) in [7, 11) is 2.34. The van der Waals surface area contributed by atoms with Crippen LogP contribution < -0.4 is 5.32 Å². The van der Waals surface area contributed by atoms with Gasteiger partial charge in [0.2, 0.25) is 5.91 Å². The summed E-state index contributed by atoms with van der Waals surface area (Å²) in [6.07, 6.45) is 9.07. The summed E-state index contributed by atoms with van der Waals surface area (Å²) in [6.45, 7) is 6.08. The Bertz CT molecular complexity index is 538. The molecule has 0 bridgehead atoms. The van der Waals surface area contributed by atoms with E-state index in [1.54, 1.807) is 21.3 Å². The third-order valence-electron chi connectivity index (χ3n) is 6.44. The second-order valence-corrected chi connectivity index (χ2v) is 13.1. The topological polar surface area (TPSA) is 94.1 Å². The molecule has 2 N–H and O–H groups in total. The number of carbonyl (C=O) groups is 2. The highest BCUT2D eigenvalue weighted by atomic mass is 28.4. The zero-order valence-corrected chi connectivity index (χ0v) is 21.5. The lowest BCUT2D eigenvalue weighted by Gasteiger charge is -2.38. The van der Waals surface area contributed by atoms with Crippen LogP contribution in [0.15, 0.2) is 0 Å². The quantitative estimate of drug-likeness (QED) is 0.291. The monoisotopic (exact) mass is 459 g/mol. The van der Waals surface area contributed by atoms with Crippen molar-refractivity contribution in [3.8, 4) is 0 Å². The highest BCUT2D eigenvalue weighted by Gasteiger charge is 2.41. The number of carbonyl (C=O) groups excluding carboxylic acids is 1. The van der Waals surface area contributed by atoms with E-state index >= 15 is 0 Å². The summed E-state index contributed by atoms with van der Waals surface area (Å²) in [4.78, 5) is 23.8. The van der Waals surface area contributed by atoms with Gasteiger partial charge >= 0.3 is 14.8 Å². The van der Waals surface area contributed by atoms with Crippen LogP contribution in [-0.4, -0.2) is 52.7 Å². The van der Waals surface area contributed by atoms with Crippen LogP contribution in [0.25, 0.3) is 0 Å². The number of unbranched alkanes of at least 4 members (excludes halogenated alkanes) is 3. The third kappa shape index (κ3) is 10.5. The summed E-state index contributed by atoms with van der Waals surface area (Å²) in [5.74, 6) is 0.337. The Morgan fingerprint density at radius 2 is 1.58 bits per heavy atom. The van der Waals surface area contributed by atoms with Gasteiger partial charge in [0, 0.05) is 45.3 Å². The van der Waals surface area contributed by atoms with Crippen LogP contribution in [0, 0.1) is 17.8 Å². The van der Waals surface area contributed by atoms with E-state index in [1.807, 2.05) is 20.8 Å². The number of carboxylic acids is 1. The number of aliphatic carboxylic acids is 1. The van der Waals surface area contributed by atoms with Gasteiger partial charge in [-0.1, -0.05) is 25.7 Å². The van der Waals surface area contributed by atoms with Gasteiger partial charge in [0.05, 0.1) is 0 Å². The Morgan fingerprint density at radius 1 is 0.968 bits per heavy atom. The number of hydrogen-bond donors (Lipinski definition) is 2. The molecular formula is C23H45NO6Si. The molecule has 31 heavy (non-hydrogen) atoms. The first-order chi connectivity index (χ1) is 14.6. The normalized spacial score (nSPS) is 22.3. The van der Waals surface area contributed by atoms with Crippen molar-refractivity contribution in [2.24, 2.45) is 17.8 Å². The van der Waals surface area contributed by atoms with E-state index in [2.05, 4.69) is 5.32 Å². The van der Waals surface area contributed by atoms with Crippen molar-refractivity contribution in [2.45, 2.75) is 96.6 Å². The number of amides is 1. The lowest BCUT2D eigenvalue weighted by atomic mass is 9.71. The van der Waals surface area contributed by atoms with Gasteiger partial charge in [-0.3, -0.25) is 9.59 Å². The molecule has 1 rings (SSSR count). The largest absolute Gasteiger partial charge is 0.500 e. The number of carboxylic acid groups (broad SMARTS) is 1. The Hall–Kier alpha value is -0.963. The van der Waals surface area contributed by atoms with Crippen LogP contribution in [-0.2, 0) is 22.9 Å². The Balaban J connectivity index is 2.66. The minimum Gasteiger partial charge on any atom is -0.481 e. The van der Waals surface area contributed by atoms with Gasteiger partial charge in [-0.15, -0.1) is 0 Å². The molecule has 7 nitrogen and oxygen atoms in total. The molecular weight excluding hydrogens is 414 g/mol. The van der Waals surface area contributed by atoms with E-state index in [9.17, 15) is 9.59 Å². The van der Waals surface area contributed by atoms with Crippen LogP contribution in [0.5, 0.6) is 0 Å². The van der Waals surface area contributed by atoms with Crippen molar-refractivity contribution in [1.82, 2.24) is 5.32 Å². The van der Waals surface area contributed by atoms with E-state index < -0.39 is 14.8 Å². The van der Waals surface area contributed by atoms with Gasteiger partial charge in [0.25, 0.3) is 0 Å². The van der Waals surface area contributed by atoms with Gasteiger partial charge in [0.15, 0.2) is 0 Å².